The summed E-state index contributed by atoms with van der Waals surface area (Å²) in [4.78, 5) is 20.2. The third kappa shape index (κ3) is 3.29. The van der Waals surface area contributed by atoms with Gasteiger partial charge in [-0.1, -0.05) is 18.3 Å². The Bertz CT molecular complexity index is 1040. The summed E-state index contributed by atoms with van der Waals surface area (Å²) in [7, 11) is 0. The SMILES string of the molecule is Cc1nc(C(=O)N2C3CC(C3)[C@@H](C)C2COc2ccc(F)cc2)c(-n2cccn2)s1. The summed E-state index contributed by atoms with van der Waals surface area (Å²) >= 11 is 1.47. The number of aryl methyl sites for hydroxylation is 1. The Labute approximate surface area is 178 Å². The van der Waals surface area contributed by atoms with Crippen LogP contribution in [0.1, 0.15) is 35.3 Å². The lowest BCUT2D eigenvalue weighted by molar-refractivity contribution is -0.0672. The van der Waals surface area contributed by atoms with Gasteiger partial charge in [-0.2, -0.15) is 5.10 Å². The molecule has 0 radical (unpaired) electrons. The normalized spacial score (nSPS) is 25.1. The zero-order valence-electron chi connectivity index (χ0n) is 16.9. The second-order valence-electron chi connectivity index (χ2n) is 8.13. The molecule has 3 aliphatic rings. The number of carbonyl (C=O) groups is 1. The van der Waals surface area contributed by atoms with Crippen LogP contribution in [-0.2, 0) is 0 Å². The van der Waals surface area contributed by atoms with Crippen molar-refractivity contribution in [1.29, 1.82) is 0 Å². The molecule has 8 heteroatoms. The first-order chi connectivity index (χ1) is 14.5. The molecule has 2 bridgehead atoms. The van der Waals surface area contributed by atoms with E-state index in [9.17, 15) is 9.18 Å². The van der Waals surface area contributed by atoms with Gasteiger partial charge in [0.05, 0.1) is 11.0 Å². The monoisotopic (exact) mass is 426 g/mol. The number of hydrogen-bond donors (Lipinski definition) is 0. The van der Waals surface area contributed by atoms with E-state index in [2.05, 4.69) is 17.0 Å². The van der Waals surface area contributed by atoms with E-state index in [4.69, 9.17) is 4.74 Å². The summed E-state index contributed by atoms with van der Waals surface area (Å²) in [6.45, 7) is 4.48. The lowest BCUT2D eigenvalue weighted by Gasteiger charge is -2.57. The third-order valence-corrected chi connectivity index (χ3v) is 7.31. The Hall–Kier alpha value is -2.74. The minimum Gasteiger partial charge on any atom is -0.491 e. The van der Waals surface area contributed by atoms with Crippen LogP contribution in [0.3, 0.4) is 0 Å². The maximum atomic E-state index is 13.7. The van der Waals surface area contributed by atoms with Gasteiger partial charge in [0.15, 0.2) is 10.7 Å². The van der Waals surface area contributed by atoms with E-state index in [0.717, 1.165) is 22.9 Å². The van der Waals surface area contributed by atoms with Crippen molar-refractivity contribution < 1.29 is 13.9 Å². The van der Waals surface area contributed by atoms with Crippen LogP contribution < -0.4 is 4.74 Å². The first-order valence-corrected chi connectivity index (χ1v) is 11.0. The Morgan fingerprint density at radius 2 is 2.07 bits per heavy atom. The van der Waals surface area contributed by atoms with Crippen molar-refractivity contribution >= 4 is 17.2 Å². The highest BCUT2D eigenvalue weighted by Crippen LogP contribution is 2.47. The van der Waals surface area contributed by atoms with Crippen molar-refractivity contribution in [2.45, 2.75) is 38.8 Å². The predicted molar refractivity (Wildman–Crippen MR) is 112 cm³/mol. The number of fused-ring (bicyclic) bond motifs is 2. The van der Waals surface area contributed by atoms with E-state index in [1.54, 1.807) is 23.0 Å². The largest absolute Gasteiger partial charge is 0.491 e. The van der Waals surface area contributed by atoms with Crippen molar-refractivity contribution in [3.8, 4) is 10.8 Å². The molecule has 2 aromatic heterocycles. The van der Waals surface area contributed by atoms with Crippen LogP contribution in [0, 0.1) is 24.6 Å². The first kappa shape index (κ1) is 19.2. The molecular weight excluding hydrogens is 403 g/mol. The summed E-state index contributed by atoms with van der Waals surface area (Å²) in [6, 6.07) is 8.01. The molecule has 4 heterocycles. The standard InChI is InChI=1S/C22H23FN4O2S/c1-13-15-10-17(11-15)27(19(13)12-29-18-6-4-16(23)5-7-18)21(28)20-22(30-14(2)25-20)26-9-3-8-24-26/h3-9,13,15,17,19H,10-12H2,1-2H3/t13-,15?,17?,19?/m1/s1. The van der Waals surface area contributed by atoms with Gasteiger partial charge in [-0.15, -0.1) is 0 Å². The molecular formula is C22H23FN4O2S. The van der Waals surface area contributed by atoms with E-state index in [0.29, 0.717) is 29.9 Å². The third-order valence-electron chi connectivity index (χ3n) is 6.35. The maximum Gasteiger partial charge on any atom is 0.276 e. The van der Waals surface area contributed by atoms with Gasteiger partial charge >= 0.3 is 0 Å². The second kappa shape index (κ2) is 7.50. The summed E-state index contributed by atoms with van der Waals surface area (Å²) in [5.41, 5.74) is 0.450. The Balaban J connectivity index is 1.42. The number of aromatic nitrogens is 3. The van der Waals surface area contributed by atoms with Crippen LogP contribution >= 0.6 is 11.3 Å². The van der Waals surface area contributed by atoms with E-state index in [1.807, 2.05) is 24.1 Å². The van der Waals surface area contributed by atoms with E-state index < -0.39 is 0 Å². The highest BCUT2D eigenvalue weighted by molar-refractivity contribution is 7.14. The molecule has 6 nitrogen and oxygen atoms in total. The van der Waals surface area contributed by atoms with Crippen LogP contribution in [0.4, 0.5) is 4.39 Å². The number of piperidine rings is 2. The number of nitrogens with zero attached hydrogens (tertiary/aromatic N) is 4. The number of thiazole rings is 1. The lowest BCUT2D eigenvalue weighted by Crippen LogP contribution is -2.64. The minimum atomic E-state index is -0.295. The molecule has 3 aromatic rings. The van der Waals surface area contributed by atoms with Gasteiger partial charge in [-0.25, -0.2) is 14.1 Å². The number of ether oxygens (including phenoxy) is 1. The van der Waals surface area contributed by atoms with E-state index in [-0.39, 0.29) is 23.8 Å². The second-order valence-corrected chi connectivity index (χ2v) is 9.31. The highest BCUT2D eigenvalue weighted by atomic mass is 32.1. The quantitative estimate of drug-likeness (QED) is 0.617. The van der Waals surface area contributed by atoms with Crippen LogP contribution in [-0.4, -0.2) is 44.3 Å². The summed E-state index contributed by atoms with van der Waals surface area (Å²) in [5, 5.41) is 5.87. The zero-order chi connectivity index (χ0) is 20.8. The van der Waals surface area contributed by atoms with Crippen LogP contribution in [0.5, 0.6) is 5.75 Å². The van der Waals surface area contributed by atoms with Gasteiger partial charge in [0, 0.05) is 18.4 Å². The Morgan fingerprint density at radius 3 is 2.77 bits per heavy atom. The molecule has 0 spiro atoms. The molecule has 1 aromatic carbocycles. The smallest absolute Gasteiger partial charge is 0.276 e. The van der Waals surface area contributed by atoms with Crippen LogP contribution in [0.2, 0.25) is 0 Å². The summed E-state index contributed by atoms with van der Waals surface area (Å²) < 4.78 is 20.9. The molecule has 2 atom stereocenters. The van der Waals surface area contributed by atoms with Gasteiger partial charge in [0.25, 0.3) is 5.91 Å². The molecule has 2 saturated heterocycles. The fourth-order valence-corrected chi connectivity index (χ4v) is 5.46. The van der Waals surface area contributed by atoms with Gasteiger partial charge in [-0.05, 0) is 61.9 Å². The van der Waals surface area contributed by atoms with Crippen LogP contribution in [0.25, 0.3) is 5.00 Å². The molecule has 30 heavy (non-hydrogen) atoms. The first-order valence-electron chi connectivity index (χ1n) is 10.2. The lowest BCUT2D eigenvalue weighted by atomic mass is 9.64. The fraction of sp³-hybridized carbons (Fsp3) is 0.409. The van der Waals surface area contributed by atoms with Crippen LogP contribution in [0.15, 0.2) is 42.7 Å². The topological polar surface area (TPSA) is 60.3 Å². The van der Waals surface area contributed by atoms with E-state index in [1.165, 1.54) is 23.5 Å². The van der Waals surface area contributed by atoms with Gasteiger partial charge in [0.1, 0.15) is 18.2 Å². The van der Waals surface area contributed by atoms with Crippen molar-refractivity contribution in [2.75, 3.05) is 6.61 Å². The van der Waals surface area contributed by atoms with Crippen molar-refractivity contribution in [1.82, 2.24) is 19.7 Å². The summed E-state index contributed by atoms with van der Waals surface area (Å²) in [5.74, 6) is 1.19. The number of hydrogen-bond acceptors (Lipinski definition) is 5. The number of benzene rings is 1. The molecule has 3 fully saturated rings. The highest BCUT2D eigenvalue weighted by Gasteiger charge is 2.51. The molecule has 2 aliphatic heterocycles. The zero-order valence-corrected chi connectivity index (χ0v) is 17.7. The molecule has 1 amide bonds. The Kier molecular flexibility index (Phi) is 4.81. The van der Waals surface area contributed by atoms with Gasteiger partial charge in [0.2, 0.25) is 0 Å². The van der Waals surface area contributed by atoms with Crippen molar-refractivity contribution in [3.05, 3.63) is 59.2 Å². The fourth-order valence-electron chi connectivity index (χ4n) is 4.61. The molecule has 0 N–H and O–H groups in total. The number of amides is 1. The number of carbonyl (C=O) groups excluding carboxylic acids is 1. The molecule has 156 valence electrons. The molecule has 1 unspecified atom stereocenters. The summed E-state index contributed by atoms with van der Waals surface area (Å²) in [6.07, 6.45) is 5.58. The van der Waals surface area contributed by atoms with E-state index >= 15 is 0 Å². The number of halogens is 1. The average molecular weight is 427 g/mol. The maximum absolute atomic E-state index is 13.7. The van der Waals surface area contributed by atoms with Gasteiger partial charge in [-0.3, -0.25) is 4.79 Å². The van der Waals surface area contributed by atoms with Crippen molar-refractivity contribution in [2.24, 2.45) is 11.8 Å². The predicted octanol–water partition coefficient (Wildman–Crippen LogP) is 4.09. The minimum absolute atomic E-state index is 0.0486. The van der Waals surface area contributed by atoms with Gasteiger partial charge < -0.3 is 9.64 Å². The number of rotatable bonds is 5. The molecule has 1 saturated carbocycles. The molecule has 1 aliphatic carbocycles. The molecule has 6 rings (SSSR count). The average Bonchev–Trinajstić information content (AvgIpc) is 3.35. The van der Waals surface area contributed by atoms with Crippen molar-refractivity contribution in [3.63, 3.8) is 0 Å². The Morgan fingerprint density at radius 1 is 1.30 bits per heavy atom.